The third-order valence-corrected chi connectivity index (χ3v) is 13.2. The fourth-order valence-electron chi connectivity index (χ4n) is 8.25. The van der Waals surface area contributed by atoms with Gasteiger partial charge in [-0.1, -0.05) is 132 Å². The number of benzene rings is 5. The van der Waals surface area contributed by atoms with Crippen LogP contribution >= 0.6 is 0 Å². The Kier molecular flexibility index (Phi) is 13.1. The zero-order valence-electron chi connectivity index (χ0n) is 36.7. The molecule has 0 N–H and O–H groups in total. The van der Waals surface area contributed by atoms with E-state index in [0.717, 1.165) is 67.9 Å². The number of furan rings is 1. The molecule has 0 aliphatic rings. The smallest absolute Gasteiger partial charge is 0.155 e. The van der Waals surface area contributed by atoms with E-state index in [1.807, 2.05) is 60.8 Å². The van der Waals surface area contributed by atoms with Gasteiger partial charge >= 0.3 is 0 Å². The number of para-hydroxylation sites is 1. The third kappa shape index (κ3) is 8.97. The number of fused-ring (bicyclic) bond motifs is 4. The molecule has 311 valence electrons. The van der Waals surface area contributed by atoms with Crippen molar-refractivity contribution in [3.8, 4) is 39.5 Å². The molecule has 0 saturated heterocycles. The molecule has 0 spiro atoms. The van der Waals surface area contributed by atoms with Crippen molar-refractivity contribution in [3.05, 3.63) is 163 Å². The van der Waals surface area contributed by atoms with Gasteiger partial charge in [0.2, 0.25) is 0 Å². The minimum absolute atomic E-state index is 0. The first kappa shape index (κ1) is 43.6. The van der Waals surface area contributed by atoms with Crippen molar-refractivity contribution in [2.45, 2.75) is 79.4 Å². The van der Waals surface area contributed by atoms with Gasteiger partial charge in [0.25, 0.3) is 0 Å². The maximum absolute atomic E-state index is 6.45. The second-order valence-corrected chi connectivity index (χ2v) is 22.9. The van der Waals surface area contributed by atoms with Crippen LogP contribution in [0.25, 0.3) is 72.6 Å². The molecule has 61 heavy (non-hydrogen) atoms. The summed E-state index contributed by atoms with van der Waals surface area (Å²) in [5, 5.41) is 3.64. The molecule has 9 rings (SSSR count). The van der Waals surface area contributed by atoms with E-state index in [9.17, 15) is 0 Å². The van der Waals surface area contributed by atoms with Gasteiger partial charge in [0.05, 0.1) is 25.0 Å². The zero-order chi connectivity index (χ0) is 42.1. The first-order chi connectivity index (χ1) is 28.9. The predicted octanol–water partition coefficient (Wildman–Crippen LogP) is 14.0. The van der Waals surface area contributed by atoms with Gasteiger partial charge in [-0.15, -0.1) is 54.1 Å². The van der Waals surface area contributed by atoms with Crippen LogP contribution in [0.2, 0.25) is 19.6 Å². The predicted molar refractivity (Wildman–Crippen MR) is 254 cm³/mol. The maximum atomic E-state index is 6.45. The van der Waals surface area contributed by atoms with E-state index < -0.39 is 8.07 Å². The molecule has 0 aliphatic heterocycles. The summed E-state index contributed by atoms with van der Waals surface area (Å²) < 4.78 is 8.70. The van der Waals surface area contributed by atoms with Crippen LogP contribution in [0.15, 0.2) is 138 Å². The first-order valence-corrected chi connectivity index (χ1v) is 24.7. The molecule has 4 aromatic heterocycles. The Hall–Kier alpha value is -5.46. The standard InChI is InChI=1S/C36H30N3O.C18H24NSi.Ir/c1-22(2)29-20-25(24-12-6-5-7-13-24)21-30(23(3)4)33(29)39-35(38-31-17-11-19-37-36(31)39)28-16-10-15-27-26-14-8-9-18-32(26)40-34(27)28;1-14(2)11-16-12-17(15-9-7-6-8-10-15)19-13-18(16)20(3,4)5;/h5-15,17-23H,1-4H3;6-9,12-14H,11H2,1-5H3;/q2*-1;. The Bertz CT molecular complexity index is 2900. The van der Waals surface area contributed by atoms with Crippen LogP contribution < -0.4 is 5.19 Å². The van der Waals surface area contributed by atoms with E-state index in [1.54, 1.807) is 0 Å². The fraction of sp³-hybridized carbons (Fsp3) is 0.241. The number of rotatable bonds is 9. The summed E-state index contributed by atoms with van der Waals surface area (Å²) >= 11 is 0. The SMILES string of the molecule is CC(C)Cc1cc(-c2[c-]cccc2)ncc1[Si](C)(C)C.CC(C)c1cc(-c2ccccc2)cc(C(C)C)c1-n1c(-c2[c-]ccc3c2oc2ccccc23)nc2cccnc21.[Ir]. The van der Waals surface area contributed by atoms with Gasteiger partial charge in [0.1, 0.15) is 5.58 Å². The van der Waals surface area contributed by atoms with Crippen LogP contribution in [0.4, 0.5) is 0 Å². The number of pyridine rings is 2. The summed E-state index contributed by atoms with van der Waals surface area (Å²) in [7, 11) is -1.34. The molecule has 0 saturated carbocycles. The van der Waals surface area contributed by atoms with Gasteiger partial charge in [-0.2, -0.15) is 0 Å². The van der Waals surface area contributed by atoms with Gasteiger partial charge in [0.15, 0.2) is 5.65 Å². The van der Waals surface area contributed by atoms with Crippen molar-refractivity contribution in [2.75, 3.05) is 0 Å². The van der Waals surface area contributed by atoms with E-state index in [-0.39, 0.29) is 31.9 Å². The molecule has 7 heteroatoms. The Labute approximate surface area is 375 Å². The molecule has 0 amide bonds. The van der Waals surface area contributed by atoms with E-state index >= 15 is 0 Å². The van der Waals surface area contributed by atoms with Crippen LogP contribution in [0.3, 0.4) is 0 Å². The van der Waals surface area contributed by atoms with Gasteiger partial charge in [0, 0.05) is 43.6 Å². The number of imidazole rings is 1. The first-order valence-electron chi connectivity index (χ1n) is 21.2. The molecular weight excluding hydrogens is 941 g/mol. The molecule has 1 radical (unpaired) electrons. The molecule has 0 aliphatic carbocycles. The molecule has 4 heterocycles. The van der Waals surface area contributed by atoms with Crippen molar-refractivity contribution in [1.82, 2.24) is 19.5 Å². The van der Waals surface area contributed by atoms with Crippen LogP contribution in [-0.4, -0.2) is 27.6 Å². The second-order valence-electron chi connectivity index (χ2n) is 17.8. The van der Waals surface area contributed by atoms with E-state index in [2.05, 4.69) is 156 Å². The molecule has 0 atom stereocenters. The summed E-state index contributed by atoms with van der Waals surface area (Å²) in [4.78, 5) is 14.7. The van der Waals surface area contributed by atoms with Crippen molar-refractivity contribution < 1.29 is 24.5 Å². The van der Waals surface area contributed by atoms with Crippen LogP contribution in [0.1, 0.15) is 70.1 Å². The molecule has 5 aromatic carbocycles. The minimum Gasteiger partial charge on any atom is -0.501 e. The molecular formula is C54H54IrN4OSi-2. The Balaban J connectivity index is 0.000000226. The monoisotopic (exact) mass is 995 g/mol. The number of aromatic nitrogens is 4. The number of nitrogens with zero attached hydrogens (tertiary/aromatic N) is 4. The summed E-state index contributed by atoms with van der Waals surface area (Å²) in [6, 6.07) is 48.6. The Morgan fingerprint density at radius 2 is 1.39 bits per heavy atom. The Morgan fingerprint density at radius 3 is 2.07 bits per heavy atom. The third-order valence-electron chi connectivity index (χ3n) is 11.1. The number of hydrogen-bond acceptors (Lipinski definition) is 4. The average molecular weight is 995 g/mol. The van der Waals surface area contributed by atoms with E-state index in [4.69, 9.17) is 14.4 Å². The minimum atomic E-state index is -1.34. The van der Waals surface area contributed by atoms with Crippen molar-refractivity contribution in [2.24, 2.45) is 5.92 Å². The van der Waals surface area contributed by atoms with Gasteiger partial charge in [-0.3, -0.25) is 4.98 Å². The summed E-state index contributed by atoms with van der Waals surface area (Å²) in [6.45, 7) is 20.8. The zero-order valence-corrected chi connectivity index (χ0v) is 40.1. The maximum Gasteiger partial charge on any atom is 0.155 e. The van der Waals surface area contributed by atoms with Gasteiger partial charge in [-0.05, 0) is 87.6 Å². The van der Waals surface area contributed by atoms with Crippen molar-refractivity contribution in [1.29, 1.82) is 0 Å². The van der Waals surface area contributed by atoms with Gasteiger partial charge < -0.3 is 14.0 Å². The fourth-order valence-corrected chi connectivity index (χ4v) is 9.83. The summed E-state index contributed by atoms with van der Waals surface area (Å²) in [5.41, 5.74) is 13.9. The molecule has 0 bridgehead atoms. The van der Waals surface area contributed by atoms with Crippen molar-refractivity contribution in [3.63, 3.8) is 0 Å². The second kappa shape index (κ2) is 18.3. The summed E-state index contributed by atoms with van der Waals surface area (Å²) in [6.07, 6.45) is 5.08. The molecule has 5 nitrogen and oxygen atoms in total. The van der Waals surface area contributed by atoms with Gasteiger partial charge in [-0.25, -0.2) is 4.98 Å². The van der Waals surface area contributed by atoms with E-state index in [0.29, 0.717) is 5.92 Å². The van der Waals surface area contributed by atoms with Crippen LogP contribution in [0.5, 0.6) is 0 Å². The van der Waals surface area contributed by atoms with E-state index in [1.165, 1.54) is 33.0 Å². The quantitative estimate of drug-likeness (QED) is 0.107. The van der Waals surface area contributed by atoms with Crippen molar-refractivity contribution >= 4 is 46.4 Å². The summed E-state index contributed by atoms with van der Waals surface area (Å²) in [5.74, 6) is 2.00. The molecule has 9 aromatic rings. The Morgan fingerprint density at radius 1 is 0.689 bits per heavy atom. The van der Waals surface area contributed by atoms with Crippen LogP contribution in [0, 0.1) is 18.1 Å². The molecule has 0 fully saturated rings. The molecule has 0 unspecified atom stereocenters. The topological polar surface area (TPSA) is 56.7 Å². The van der Waals surface area contributed by atoms with Crippen LogP contribution in [-0.2, 0) is 26.5 Å². The average Bonchev–Trinajstić information content (AvgIpc) is 3.82. The number of hydrogen-bond donors (Lipinski definition) is 0. The normalized spacial score (nSPS) is 11.7. The largest absolute Gasteiger partial charge is 0.501 e.